The summed E-state index contributed by atoms with van der Waals surface area (Å²) in [6.07, 6.45) is 0. The lowest BCUT2D eigenvalue weighted by molar-refractivity contribution is 0.0696. The number of carbonyl (C=O) groups is 1. The highest BCUT2D eigenvalue weighted by Gasteiger charge is 2.08. The molecule has 0 spiro atoms. The lowest BCUT2D eigenvalue weighted by Gasteiger charge is -2.08. The highest BCUT2D eigenvalue weighted by atomic mass is 32.2. The van der Waals surface area contributed by atoms with Crippen LogP contribution in [-0.4, -0.2) is 15.3 Å². The van der Waals surface area contributed by atoms with Crippen LogP contribution in [0.4, 0.5) is 0 Å². The van der Waals surface area contributed by atoms with E-state index in [1.165, 1.54) is 0 Å². The fourth-order valence-electron chi connectivity index (χ4n) is 2.16. The Hall–Kier alpha value is -1.94. The molecule has 3 nitrogen and oxygen atoms in total. The van der Waals surface area contributed by atoms with Gasteiger partial charge in [0, 0.05) is 22.3 Å². The summed E-state index contributed by atoms with van der Waals surface area (Å²) in [7, 11) is -1.05. The molecule has 0 heterocycles. The minimum atomic E-state index is -1.05. The van der Waals surface area contributed by atoms with Crippen molar-refractivity contribution in [2.24, 2.45) is 0 Å². The molecule has 0 radical (unpaired) electrons. The maximum absolute atomic E-state index is 12.3. The van der Waals surface area contributed by atoms with Gasteiger partial charge in [0.05, 0.1) is 5.56 Å². The number of hydrogen-bond donors (Lipinski definition) is 1. The number of carboxylic acids is 1. The monoisotopic (exact) mass is 302 g/mol. The summed E-state index contributed by atoms with van der Waals surface area (Å²) in [6.45, 7) is 4.03. The van der Waals surface area contributed by atoms with Crippen LogP contribution in [0.5, 0.6) is 0 Å². The van der Waals surface area contributed by atoms with Gasteiger partial charge in [-0.3, -0.25) is 4.21 Å². The minimum Gasteiger partial charge on any atom is -0.478 e. The second-order valence-electron chi connectivity index (χ2n) is 5.16. The zero-order valence-corrected chi connectivity index (χ0v) is 12.9. The van der Waals surface area contributed by atoms with Gasteiger partial charge in [-0.15, -0.1) is 0 Å². The average molecular weight is 302 g/mol. The molecule has 1 N–H and O–H groups in total. The van der Waals surface area contributed by atoms with Crippen molar-refractivity contribution in [1.29, 1.82) is 0 Å². The smallest absolute Gasteiger partial charge is 0.335 e. The van der Waals surface area contributed by atoms with Gasteiger partial charge in [0.2, 0.25) is 0 Å². The quantitative estimate of drug-likeness (QED) is 0.920. The first kappa shape index (κ1) is 15.4. The molecule has 0 aromatic heterocycles. The van der Waals surface area contributed by atoms with Crippen molar-refractivity contribution in [3.05, 3.63) is 70.3 Å². The molecule has 4 heteroatoms. The summed E-state index contributed by atoms with van der Waals surface area (Å²) in [5.41, 5.74) is 4.39. The second-order valence-corrected chi connectivity index (χ2v) is 6.62. The zero-order valence-electron chi connectivity index (χ0n) is 12.1. The van der Waals surface area contributed by atoms with E-state index >= 15 is 0 Å². The fourth-order valence-corrected chi connectivity index (χ4v) is 3.47. The molecule has 1 atom stereocenters. The van der Waals surface area contributed by atoms with Crippen LogP contribution in [0.15, 0.2) is 42.5 Å². The van der Waals surface area contributed by atoms with Gasteiger partial charge in [0.25, 0.3) is 0 Å². The Bertz CT molecular complexity index is 692. The van der Waals surface area contributed by atoms with Crippen LogP contribution in [-0.2, 0) is 22.3 Å². The summed E-state index contributed by atoms with van der Waals surface area (Å²) in [5.74, 6) is -0.101. The number of hydrogen-bond acceptors (Lipinski definition) is 2. The van der Waals surface area contributed by atoms with E-state index in [0.717, 1.165) is 22.3 Å². The second kappa shape index (κ2) is 6.68. The molecule has 0 saturated heterocycles. The van der Waals surface area contributed by atoms with E-state index in [2.05, 4.69) is 6.07 Å². The lowest BCUT2D eigenvalue weighted by Crippen LogP contribution is -2.03. The molecular weight excluding hydrogens is 284 g/mol. The zero-order chi connectivity index (χ0) is 15.4. The normalized spacial score (nSPS) is 12.1. The van der Waals surface area contributed by atoms with Crippen LogP contribution >= 0.6 is 0 Å². The molecule has 1 unspecified atom stereocenters. The SMILES string of the molecule is Cc1ccc(C)c(CS(=O)Cc2cccc(C(=O)O)c2)c1. The van der Waals surface area contributed by atoms with E-state index in [1.54, 1.807) is 18.2 Å². The molecule has 21 heavy (non-hydrogen) atoms. The number of aryl methyl sites for hydroxylation is 2. The van der Waals surface area contributed by atoms with Gasteiger partial charge in [0.1, 0.15) is 0 Å². The third-order valence-corrected chi connectivity index (χ3v) is 4.61. The average Bonchev–Trinajstić information content (AvgIpc) is 2.43. The largest absolute Gasteiger partial charge is 0.478 e. The first-order chi connectivity index (χ1) is 9.95. The van der Waals surface area contributed by atoms with Crippen molar-refractivity contribution in [1.82, 2.24) is 0 Å². The van der Waals surface area contributed by atoms with E-state index in [9.17, 15) is 9.00 Å². The van der Waals surface area contributed by atoms with Gasteiger partial charge in [-0.25, -0.2) is 4.79 Å². The Morgan fingerprint density at radius 3 is 2.57 bits per heavy atom. The first-order valence-corrected chi connectivity index (χ1v) is 8.18. The molecule has 0 aliphatic carbocycles. The summed E-state index contributed by atoms with van der Waals surface area (Å²) < 4.78 is 12.3. The third kappa shape index (κ3) is 4.26. The standard InChI is InChI=1S/C17H18O3S/c1-12-6-7-13(2)16(8-12)11-21(20)10-14-4-3-5-15(9-14)17(18)19/h3-9H,10-11H2,1-2H3,(H,18,19). The number of rotatable bonds is 5. The molecular formula is C17H18O3S. The van der Waals surface area contributed by atoms with Crippen molar-refractivity contribution in [2.45, 2.75) is 25.4 Å². The topological polar surface area (TPSA) is 54.4 Å². The van der Waals surface area contributed by atoms with Crippen LogP contribution in [0, 0.1) is 13.8 Å². The van der Waals surface area contributed by atoms with Gasteiger partial charge in [-0.1, -0.05) is 35.9 Å². The molecule has 0 saturated carbocycles. The summed E-state index contributed by atoms with van der Waals surface area (Å²) in [5, 5.41) is 8.97. The Morgan fingerprint density at radius 1 is 1.10 bits per heavy atom. The van der Waals surface area contributed by atoms with Gasteiger partial charge in [-0.2, -0.15) is 0 Å². The van der Waals surface area contributed by atoms with Crippen LogP contribution in [0.2, 0.25) is 0 Å². The summed E-state index contributed by atoms with van der Waals surface area (Å²) in [4.78, 5) is 10.9. The van der Waals surface area contributed by atoms with Crippen LogP contribution in [0.25, 0.3) is 0 Å². The predicted molar refractivity (Wildman–Crippen MR) is 84.9 cm³/mol. The highest BCUT2D eigenvalue weighted by Crippen LogP contribution is 2.15. The molecule has 0 bridgehead atoms. The van der Waals surface area contributed by atoms with Gasteiger partial charge in [-0.05, 0) is 42.7 Å². The molecule has 0 fully saturated rings. The van der Waals surface area contributed by atoms with Gasteiger partial charge < -0.3 is 5.11 Å². The van der Waals surface area contributed by atoms with Crippen molar-refractivity contribution >= 4 is 16.8 Å². The Kier molecular flexibility index (Phi) is 4.91. The van der Waals surface area contributed by atoms with E-state index in [0.29, 0.717) is 11.5 Å². The van der Waals surface area contributed by atoms with Crippen molar-refractivity contribution < 1.29 is 14.1 Å². The Balaban J connectivity index is 2.10. The van der Waals surface area contributed by atoms with E-state index in [4.69, 9.17) is 5.11 Å². The van der Waals surface area contributed by atoms with Gasteiger partial charge in [0.15, 0.2) is 0 Å². The van der Waals surface area contributed by atoms with Crippen molar-refractivity contribution in [2.75, 3.05) is 0 Å². The summed E-state index contributed by atoms with van der Waals surface area (Å²) >= 11 is 0. The summed E-state index contributed by atoms with van der Waals surface area (Å²) in [6, 6.07) is 12.8. The van der Waals surface area contributed by atoms with Crippen molar-refractivity contribution in [3.63, 3.8) is 0 Å². The number of carboxylic acid groups (broad SMARTS) is 1. The molecule has 2 aromatic rings. The maximum Gasteiger partial charge on any atom is 0.335 e. The molecule has 2 aromatic carbocycles. The number of aromatic carboxylic acids is 1. The maximum atomic E-state index is 12.3. The van der Waals surface area contributed by atoms with Crippen molar-refractivity contribution in [3.8, 4) is 0 Å². The van der Waals surface area contributed by atoms with Crippen LogP contribution < -0.4 is 0 Å². The minimum absolute atomic E-state index is 0.233. The molecule has 110 valence electrons. The van der Waals surface area contributed by atoms with E-state index in [1.807, 2.05) is 32.0 Å². The molecule has 0 aliphatic rings. The Morgan fingerprint density at radius 2 is 1.86 bits per heavy atom. The molecule has 0 amide bonds. The third-order valence-electron chi connectivity index (χ3n) is 3.32. The fraction of sp³-hybridized carbons (Fsp3) is 0.235. The Labute approximate surface area is 127 Å². The lowest BCUT2D eigenvalue weighted by atomic mass is 10.1. The van der Waals surface area contributed by atoms with Crippen LogP contribution in [0.1, 0.15) is 32.6 Å². The molecule has 2 rings (SSSR count). The van der Waals surface area contributed by atoms with E-state index < -0.39 is 16.8 Å². The van der Waals surface area contributed by atoms with Crippen LogP contribution in [0.3, 0.4) is 0 Å². The number of benzene rings is 2. The van der Waals surface area contributed by atoms with Gasteiger partial charge >= 0.3 is 5.97 Å². The first-order valence-electron chi connectivity index (χ1n) is 6.69. The molecule has 0 aliphatic heterocycles. The predicted octanol–water partition coefficient (Wildman–Crippen LogP) is 3.45. The van der Waals surface area contributed by atoms with E-state index in [-0.39, 0.29) is 5.56 Å². The highest BCUT2D eigenvalue weighted by molar-refractivity contribution is 7.83.